The third kappa shape index (κ3) is 4.59. The number of carbonyl (C=O) groups is 1. The van der Waals surface area contributed by atoms with Gasteiger partial charge in [-0.05, 0) is 38.4 Å². The molecule has 146 valence electrons. The van der Waals surface area contributed by atoms with Gasteiger partial charge < -0.3 is 19.4 Å². The molecule has 1 amide bonds. The van der Waals surface area contributed by atoms with Crippen molar-refractivity contribution in [3.63, 3.8) is 0 Å². The lowest BCUT2D eigenvalue weighted by Crippen LogP contribution is -2.49. The van der Waals surface area contributed by atoms with Gasteiger partial charge in [0.15, 0.2) is 0 Å². The highest BCUT2D eigenvalue weighted by Gasteiger charge is 2.25. The van der Waals surface area contributed by atoms with E-state index in [4.69, 9.17) is 4.74 Å². The summed E-state index contributed by atoms with van der Waals surface area (Å²) in [5.74, 6) is 1.28. The van der Waals surface area contributed by atoms with Crippen LogP contribution in [-0.4, -0.2) is 74.1 Å². The predicted molar refractivity (Wildman–Crippen MR) is 108 cm³/mol. The van der Waals surface area contributed by atoms with Crippen molar-refractivity contribution in [3.8, 4) is 11.8 Å². The van der Waals surface area contributed by atoms with Gasteiger partial charge in [-0.15, -0.1) is 0 Å². The molecule has 1 saturated heterocycles. The Morgan fingerprint density at radius 2 is 1.93 bits per heavy atom. The van der Waals surface area contributed by atoms with E-state index in [1.807, 2.05) is 48.2 Å². The first-order chi connectivity index (χ1) is 13.6. The number of aromatic nitrogens is 1. The van der Waals surface area contributed by atoms with Gasteiger partial charge in [0, 0.05) is 38.9 Å². The molecule has 0 bridgehead atoms. The standard InChI is InChI=1S/C21H25N5O2/c1-24(2)14-15-28-19-8-4-3-7-18(19)21(27)26-12-10-25(11-13-26)20-17(16-22)6-5-9-23-20/h3-9H,10-15H2,1-2H3. The first-order valence-corrected chi connectivity index (χ1v) is 9.36. The van der Waals surface area contributed by atoms with Crippen LogP contribution in [-0.2, 0) is 0 Å². The maximum absolute atomic E-state index is 13.0. The maximum Gasteiger partial charge on any atom is 0.257 e. The fourth-order valence-corrected chi connectivity index (χ4v) is 3.14. The lowest BCUT2D eigenvalue weighted by Gasteiger charge is -2.35. The molecule has 7 heteroatoms. The summed E-state index contributed by atoms with van der Waals surface area (Å²) >= 11 is 0. The van der Waals surface area contributed by atoms with Gasteiger partial charge in [-0.2, -0.15) is 5.26 Å². The third-order valence-electron chi connectivity index (χ3n) is 4.69. The molecule has 1 aliphatic rings. The van der Waals surface area contributed by atoms with E-state index in [-0.39, 0.29) is 5.91 Å². The molecular weight excluding hydrogens is 354 g/mol. The van der Waals surface area contributed by atoms with Crippen molar-refractivity contribution in [2.75, 3.05) is 58.3 Å². The second-order valence-electron chi connectivity index (χ2n) is 6.91. The first-order valence-electron chi connectivity index (χ1n) is 9.36. The number of carbonyl (C=O) groups excluding carboxylic acids is 1. The van der Waals surface area contributed by atoms with Crippen LogP contribution in [0.15, 0.2) is 42.6 Å². The van der Waals surface area contributed by atoms with Crippen molar-refractivity contribution in [2.24, 2.45) is 0 Å². The molecule has 28 heavy (non-hydrogen) atoms. The Morgan fingerprint density at radius 3 is 2.64 bits per heavy atom. The molecular formula is C21H25N5O2. The van der Waals surface area contributed by atoms with Gasteiger partial charge in [0.05, 0.1) is 11.1 Å². The van der Waals surface area contributed by atoms with E-state index in [2.05, 4.69) is 16.0 Å². The summed E-state index contributed by atoms with van der Waals surface area (Å²) < 4.78 is 5.84. The number of para-hydroxylation sites is 1. The number of nitriles is 1. The monoisotopic (exact) mass is 379 g/mol. The second kappa shape index (κ2) is 9.20. The minimum atomic E-state index is -0.0263. The smallest absolute Gasteiger partial charge is 0.257 e. The van der Waals surface area contributed by atoms with Crippen LogP contribution in [0.2, 0.25) is 0 Å². The summed E-state index contributed by atoms with van der Waals surface area (Å²) in [4.78, 5) is 23.3. The van der Waals surface area contributed by atoms with Crippen molar-refractivity contribution in [1.82, 2.24) is 14.8 Å². The third-order valence-corrected chi connectivity index (χ3v) is 4.69. The van der Waals surface area contributed by atoms with E-state index in [0.717, 1.165) is 6.54 Å². The van der Waals surface area contributed by atoms with Crippen LogP contribution in [0, 0.1) is 11.3 Å². The summed E-state index contributed by atoms with van der Waals surface area (Å²) in [7, 11) is 3.97. The van der Waals surface area contributed by atoms with Gasteiger partial charge in [0.25, 0.3) is 5.91 Å². The van der Waals surface area contributed by atoms with Crippen molar-refractivity contribution < 1.29 is 9.53 Å². The first kappa shape index (κ1) is 19.6. The van der Waals surface area contributed by atoms with Crippen molar-refractivity contribution in [3.05, 3.63) is 53.7 Å². The van der Waals surface area contributed by atoms with Crippen LogP contribution in [0.1, 0.15) is 15.9 Å². The Kier molecular flexibility index (Phi) is 6.45. The molecule has 1 aromatic carbocycles. The summed E-state index contributed by atoms with van der Waals surface area (Å²) in [5.41, 5.74) is 1.15. The largest absolute Gasteiger partial charge is 0.491 e. The molecule has 0 spiro atoms. The Morgan fingerprint density at radius 1 is 1.18 bits per heavy atom. The van der Waals surface area contributed by atoms with Crippen LogP contribution < -0.4 is 9.64 Å². The maximum atomic E-state index is 13.0. The van der Waals surface area contributed by atoms with E-state index in [9.17, 15) is 10.1 Å². The number of piperazine rings is 1. The Balaban J connectivity index is 1.65. The van der Waals surface area contributed by atoms with E-state index < -0.39 is 0 Å². The van der Waals surface area contributed by atoms with Crippen molar-refractivity contribution >= 4 is 11.7 Å². The fraction of sp³-hybridized carbons (Fsp3) is 0.381. The van der Waals surface area contributed by atoms with Crippen LogP contribution >= 0.6 is 0 Å². The topological polar surface area (TPSA) is 72.7 Å². The molecule has 0 radical (unpaired) electrons. The lowest BCUT2D eigenvalue weighted by atomic mass is 10.1. The highest BCUT2D eigenvalue weighted by Crippen LogP contribution is 2.22. The van der Waals surface area contributed by atoms with Gasteiger partial charge in [0.1, 0.15) is 24.2 Å². The number of ether oxygens (including phenoxy) is 1. The number of nitrogens with zero attached hydrogens (tertiary/aromatic N) is 5. The number of anilines is 1. The number of pyridine rings is 1. The van der Waals surface area contributed by atoms with Gasteiger partial charge in [-0.1, -0.05) is 12.1 Å². The molecule has 1 aromatic heterocycles. The number of rotatable bonds is 6. The Bertz CT molecular complexity index is 854. The van der Waals surface area contributed by atoms with Gasteiger partial charge in [0.2, 0.25) is 0 Å². The van der Waals surface area contributed by atoms with E-state index in [1.165, 1.54) is 0 Å². The van der Waals surface area contributed by atoms with Crippen molar-refractivity contribution in [2.45, 2.75) is 0 Å². The van der Waals surface area contributed by atoms with E-state index in [0.29, 0.717) is 55.5 Å². The van der Waals surface area contributed by atoms with Gasteiger partial charge in [-0.25, -0.2) is 4.98 Å². The van der Waals surface area contributed by atoms with Crippen molar-refractivity contribution in [1.29, 1.82) is 5.26 Å². The average Bonchev–Trinajstić information content (AvgIpc) is 2.73. The fourth-order valence-electron chi connectivity index (χ4n) is 3.14. The molecule has 2 aromatic rings. The van der Waals surface area contributed by atoms with Crippen LogP contribution in [0.4, 0.5) is 5.82 Å². The molecule has 2 heterocycles. The number of amides is 1. The zero-order valence-electron chi connectivity index (χ0n) is 16.3. The van der Waals surface area contributed by atoms with Gasteiger partial charge >= 0.3 is 0 Å². The highest BCUT2D eigenvalue weighted by molar-refractivity contribution is 5.97. The SMILES string of the molecule is CN(C)CCOc1ccccc1C(=O)N1CCN(c2ncccc2C#N)CC1. The average molecular weight is 379 g/mol. The summed E-state index contributed by atoms with van der Waals surface area (Å²) in [6.45, 7) is 3.75. The van der Waals surface area contributed by atoms with Crippen LogP contribution in [0.25, 0.3) is 0 Å². The number of likely N-dealkylation sites (N-methyl/N-ethyl adjacent to an activating group) is 1. The highest BCUT2D eigenvalue weighted by atomic mass is 16.5. The predicted octanol–water partition coefficient (Wildman–Crippen LogP) is 1.86. The summed E-state index contributed by atoms with van der Waals surface area (Å²) in [6, 6.07) is 13.1. The summed E-state index contributed by atoms with van der Waals surface area (Å²) in [5, 5.41) is 9.28. The van der Waals surface area contributed by atoms with Crippen LogP contribution in [0.3, 0.4) is 0 Å². The normalized spacial score (nSPS) is 14.1. The summed E-state index contributed by atoms with van der Waals surface area (Å²) in [6.07, 6.45) is 1.69. The molecule has 7 nitrogen and oxygen atoms in total. The number of hydrogen-bond donors (Lipinski definition) is 0. The van der Waals surface area contributed by atoms with Crippen LogP contribution in [0.5, 0.6) is 5.75 Å². The molecule has 1 fully saturated rings. The minimum Gasteiger partial charge on any atom is -0.491 e. The zero-order valence-corrected chi connectivity index (χ0v) is 16.3. The molecule has 0 saturated carbocycles. The molecule has 0 atom stereocenters. The molecule has 0 aliphatic carbocycles. The molecule has 0 N–H and O–H groups in total. The molecule has 1 aliphatic heterocycles. The van der Waals surface area contributed by atoms with E-state index in [1.54, 1.807) is 18.3 Å². The second-order valence-corrected chi connectivity index (χ2v) is 6.91. The Labute approximate surface area is 165 Å². The number of hydrogen-bond acceptors (Lipinski definition) is 6. The zero-order chi connectivity index (χ0) is 19.9. The Hall–Kier alpha value is -3.11. The van der Waals surface area contributed by atoms with E-state index >= 15 is 0 Å². The molecule has 0 unspecified atom stereocenters. The lowest BCUT2D eigenvalue weighted by molar-refractivity contribution is 0.0741. The quantitative estimate of drug-likeness (QED) is 0.763. The minimum absolute atomic E-state index is 0.0263. The number of benzene rings is 1. The molecule has 3 rings (SSSR count). The van der Waals surface area contributed by atoms with Gasteiger partial charge in [-0.3, -0.25) is 4.79 Å².